The van der Waals surface area contributed by atoms with E-state index >= 15 is 0 Å². The highest BCUT2D eigenvalue weighted by molar-refractivity contribution is 7.89. The predicted octanol–water partition coefficient (Wildman–Crippen LogP) is 3.38. The number of rotatable bonds is 7. The maximum atomic E-state index is 12.7. The molecule has 0 spiro atoms. The minimum atomic E-state index is -3.85. The number of nitrogens with two attached hydrogens (primary N) is 1. The third kappa shape index (κ3) is 5.61. The van der Waals surface area contributed by atoms with E-state index in [1.807, 2.05) is 30.3 Å². The van der Waals surface area contributed by atoms with Gasteiger partial charge in [0, 0.05) is 33.9 Å². The molecule has 1 aromatic carbocycles. The molecule has 12 heteroatoms. The molecular formula is C24H27N7O3S2. The summed E-state index contributed by atoms with van der Waals surface area (Å²) in [4.78, 5) is 27.0. The van der Waals surface area contributed by atoms with Crippen LogP contribution in [0.3, 0.4) is 0 Å². The monoisotopic (exact) mass is 525 g/mol. The topological polar surface area (TPSA) is 152 Å². The van der Waals surface area contributed by atoms with Gasteiger partial charge in [-0.25, -0.2) is 28.1 Å². The van der Waals surface area contributed by atoms with E-state index in [0.717, 1.165) is 26.2 Å². The highest BCUT2D eigenvalue weighted by Gasteiger charge is 2.24. The summed E-state index contributed by atoms with van der Waals surface area (Å²) >= 11 is 1.58. The van der Waals surface area contributed by atoms with Crippen molar-refractivity contribution >= 4 is 49.8 Å². The van der Waals surface area contributed by atoms with E-state index < -0.39 is 21.5 Å². The zero-order chi connectivity index (χ0) is 26.1. The molecule has 0 radical (unpaired) electrons. The molecule has 5 N–H and O–H groups in total. The van der Waals surface area contributed by atoms with Crippen molar-refractivity contribution in [1.29, 1.82) is 0 Å². The molecule has 10 nitrogen and oxygen atoms in total. The van der Waals surface area contributed by atoms with Crippen LogP contribution in [0.1, 0.15) is 36.0 Å². The second-order valence-corrected chi connectivity index (χ2v) is 12.0. The standard InChI is InChI=1S/C24H27N7O3S2/c1-24(2,3)31-36(33,34)16-10-18(23(32)26-4)22(28-12-16)27-11-15-6-8-20(35-15)14-5-7-19-17(9-14)21(25)30-13-29-19/h5-10,12-13,31H,11H2,1-4H3,(H,26,32)(H,27,28)(H2,25,29,30). The van der Waals surface area contributed by atoms with Crippen LogP contribution in [0.25, 0.3) is 21.3 Å². The Morgan fingerprint density at radius 3 is 2.58 bits per heavy atom. The molecule has 0 atom stereocenters. The number of thiophene rings is 1. The molecule has 0 saturated carbocycles. The Labute approximate surface area is 213 Å². The van der Waals surface area contributed by atoms with Crippen molar-refractivity contribution < 1.29 is 13.2 Å². The summed E-state index contributed by atoms with van der Waals surface area (Å²) in [6, 6.07) is 11.2. The first-order valence-corrected chi connectivity index (χ1v) is 13.4. The lowest BCUT2D eigenvalue weighted by molar-refractivity contribution is 0.0963. The Morgan fingerprint density at radius 1 is 1.08 bits per heavy atom. The number of fused-ring (bicyclic) bond motifs is 1. The number of anilines is 2. The van der Waals surface area contributed by atoms with E-state index in [1.54, 1.807) is 32.1 Å². The summed E-state index contributed by atoms with van der Waals surface area (Å²) in [5.41, 5.74) is 7.23. The molecule has 4 rings (SSSR count). The highest BCUT2D eigenvalue weighted by atomic mass is 32.2. The first kappa shape index (κ1) is 25.5. The largest absolute Gasteiger partial charge is 0.383 e. The van der Waals surface area contributed by atoms with Crippen molar-refractivity contribution in [3.8, 4) is 10.4 Å². The smallest absolute Gasteiger partial charge is 0.254 e. The number of carbonyl (C=O) groups is 1. The molecule has 36 heavy (non-hydrogen) atoms. The molecule has 4 aromatic rings. The number of carbonyl (C=O) groups excluding carboxylic acids is 1. The van der Waals surface area contributed by atoms with Crippen LogP contribution in [0.4, 0.5) is 11.6 Å². The van der Waals surface area contributed by atoms with Crippen molar-refractivity contribution in [3.05, 3.63) is 59.4 Å². The maximum absolute atomic E-state index is 12.7. The third-order valence-corrected chi connectivity index (χ3v) is 7.99. The number of nitrogens with zero attached hydrogens (tertiary/aromatic N) is 3. The lowest BCUT2D eigenvalue weighted by atomic mass is 10.1. The maximum Gasteiger partial charge on any atom is 0.254 e. The van der Waals surface area contributed by atoms with Crippen LogP contribution in [-0.2, 0) is 16.6 Å². The summed E-state index contributed by atoms with van der Waals surface area (Å²) in [6.45, 7) is 5.61. The van der Waals surface area contributed by atoms with Gasteiger partial charge >= 0.3 is 0 Å². The number of benzene rings is 1. The SMILES string of the molecule is CNC(=O)c1cc(S(=O)(=O)NC(C)(C)C)cnc1NCc1ccc(-c2ccc3ncnc(N)c3c2)s1. The van der Waals surface area contributed by atoms with Crippen LogP contribution < -0.4 is 21.1 Å². The van der Waals surface area contributed by atoms with E-state index in [9.17, 15) is 13.2 Å². The summed E-state index contributed by atoms with van der Waals surface area (Å²) in [5.74, 6) is 0.270. The van der Waals surface area contributed by atoms with E-state index in [2.05, 4.69) is 30.3 Å². The van der Waals surface area contributed by atoms with Gasteiger partial charge in [0.2, 0.25) is 10.0 Å². The normalized spacial score (nSPS) is 12.0. The van der Waals surface area contributed by atoms with Crippen molar-refractivity contribution in [2.45, 2.75) is 37.8 Å². The highest BCUT2D eigenvalue weighted by Crippen LogP contribution is 2.31. The molecule has 0 aliphatic heterocycles. The Bertz CT molecular complexity index is 1540. The summed E-state index contributed by atoms with van der Waals surface area (Å²) in [6.07, 6.45) is 2.68. The lowest BCUT2D eigenvalue weighted by Gasteiger charge is -2.20. The number of amides is 1. The van der Waals surface area contributed by atoms with E-state index in [0.29, 0.717) is 12.4 Å². The van der Waals surface area contributed by atoms with Gasteiger partial charge in [0.05, 0.1) is 17.6 Å². The number of sulfonamides is 1. The minimum absolute atomic E-state index is 0.0838. The quantitative estimate of drug-likeness (QED) is 0.287. The third-order valence-electron chi connectivity index (χ3n) is 5.13. The molecule has 0 fully saturated rings. The second-order valence-electron chi connectivity index (χ2n) is 9.11. The van der Waals surface area contributed by atoms with Gasteiger partial charge in [-0.05, 0) is 56.7 Å². The van der Waals surface area contributed by atoms with Crippen LogP contribution in [0.5, 0.6) is 0 Å². The van der Waals surface area contributed by atoms with Crippen LogP contribution in [-0.4, -0.2) is 41.9 Å². The lowest BCUT2D eigenvalue weighted by Crippen LogP contribution is -2.40. The molecule has 3 aromatic heterocycles. The minimum Gasteiger partial charge on any atom is -0.383 e. The zero-order valence-electron chi connectivity index (χ0n) is 20.3. The van der Waals surface area contributed by atoms with Gasteiger partial charge in [-0.1, -0.05) is 6.07 Å². The Balaban J connectivity index is 1.56. The zero-order valence-corrected chi connectivity index (χ0v) is 21.9. The van der Waals surface area contributed by atoms with Gasteiger partial charge in [-0.3, -0.25) is 4.79 Å². The molecule has 0 unspecified atom stereocenters. The number of nitrogens with one attached hydrogen (secondary N) is 3. The van der Waals surface area contributed by atoms with Crippen molar-refractivity contribution in [2.24, 2.45) is 0 Å². The van der Waals surface area contributed by atoms with Gasteiger partial charge < -0.3 is 16.4 Å². The number of hydrogen-bond acceptors (Lipinski definition) is 9. The number of hydrogen-bond donors (Lipinski definition) is 4. The van der Waals surface area contributed by atoms with Gasteiger partial charge in [-0.15, -0.1) is 11.3 Å². The summed E-state index contributed by atoms with van der Waals surface area (Å²) in [5, 5.41) is 6.49. The molecular weight excluding hydrogens is 498 g/mol. The fraction of sp³-hybridized carbons (Fsp3) is 0.250. The van der Waals surface area contributed by atoms with Crippen LogP contribution in [0.15, 0.2) is 53.8 Å². The summed E-state index contributed by atoms with van der Waals surface area (Å²) < 4.78 is 28.0. The van der Waals surface area contributed by atoms with Gasteiger partial charge in [0.1, 0.15) is 22.9 Å². The van der Waals surface area contributed by atoms with Crippen molar-refractivity contribution in [3.63, 3.8) is 0 Å². The molecule has 0 aliphatic carbocycles. The van der Waals surface area contributed by atoms with Crippen molar-refractivity contribution in [1.82, 2.24) is 25.0 Å². The van der Waals surface area contributed by atoms with E-state index in [-0.39, 0.29) is 16.3 Å². The predicted molar refractivity (Wildman–Crippen MR) is 142 cm³/mol. The molecule has 188 valence electrons. The average Bonchev–Trinajstić information content (AvgIpc) is 3.30. The van der Waals surface area contributed by atoms with E-state index in [1.165, 1.54) is 25.6 Å². The van der Waals surface area contributed by atoms with Gasteiger partial charge in [0.25, 0.3) is 5.91 Å². The molecule has 3 heterocycles. The molecule has 1 amide bonds. The second kappa shape index (κ2) is 9.80. The number of pyridine rings is 1. The molecule has 0 saturated heterocycles. The Kier molecular flexibility index (Phi) is 6.94. The first-order valence-electron chi connectivity index (χ1n) is 11.1. The van der Waals surface area contributed by atoms with Crippen LogP contribution in [0, 0.1) is 0 Å². The fourth-order valence-electron chi connectivity index (χ4n) is 3.53. The van der Waals surface area contributed by atoms with Gasteiger partial charge in [-0.2, -0.15) is 0 Å². The van der Waals surface area contributed by atoms with Crippen LogP contribution >= 0.6 is 11.3 Å². The number of nitrogen functional groups attached to an aromatic ring is 1. The molecule has 0 aliphatic rings. The Morgan fingerprint density at radius 2 is 1.86 bits per heavy atom. The fourth-order valence-corrected chi connectivity index (χ4v) is 5.86. The van der Waals surface area contributed by atoms with E-state index in [4.69, 9.17) is 5.73 Å². The molecule has 0 bridgehead atoms. The van der Waals surface area contributed by atoms with Gasteiger partial charge in [0.15, 0.2) is 0 Å². The summed E-state index contributed by atoms with van der Waals surface area (Å²) in [7, 11) is -2.37. The van der Waals surface area contributed by atoms with Crippen LogP contribution in [0.2, 0.25) is 0 Å². The average molecular weight is 526 g/mol. The van der Waals surface area contributed by atoms with Crippen molar-refractivity contribution in [2.75, 3.05) is 18.1 Å². The first-order chi connectivity index (χ1) is 17.0. The number of aromatic nitrogens is 3. The Hall–Kier alpha value is -3.61.